The number of aliphatic imine (C=N–C) groups is 1. The minimum atomic E-state index is -0.685. The lowest BCUT2D eigenvalue weighted by molar-refractivity contribution is 0.190. The Labute approximate surface area is 161 Å². The van der Waals surface area contributed by atoms with E-state index in [1.807, 2.05) is 17.3 Å². The van der Waals surface area contributed by atoms with Crippen LogP contribution in [0.25, 0.3) is 0 Å². The molecule has 4 rings (SSSR count). The van der Waals surface area contributed by atoms with Gasteiger partial charge >= 0.3 is 0 Å². The average Bonchev–Trinajstić information content (AvgIpc) is 3.08. The summed E-state index contributed by atoms with van der Waals surface area (Å²) in [5, 5.41) is 9.09. The molecule has 0 aromatic heterocycles. The number of fused-ring (bicyclic) bond motifs is 1. The maximum atomic E-state index is 6.95. The molecule has 144 valence electrons. The van der Waals surface area contributed by atoms with Crippen LogP contribution in [0.1, 0.15) is 32.3 Å². The van der Waals surface area contributed by atoms with Gasteiger partial charge in [0.05, 0.1) is 0 Å². The number of hydrogen-bond acceptors (Lipinski definition) is 6. The normalized spacial score (nSPS) is 27.5. The predicted molar refractivity (Wildman–Crippen MR) is 110 cm³/mol. The maximum Gasteiger partial charge on any atom is 0.156 e. The maximum absolute atomic E-state index is 6.95. The van der Waals surface area contributed by atoms with E-state index in [4.69, 9.17) is 10.7 Å². The van der Waals surface area contributed by atoms with Crippen molar-refractivity contribution in [1.82, 2.24) is 21.1 Å². The molecule has 5 N–H and O–H groups in total. The second-order valence-electron chi connectivity index (χ2n) is 8.03. The molecule has 0 saturated carbocycles. The summed E-state index contributed by atoms with van der Waals surface area (Å²) in [4.78, 5) is 4.93. The van der Waals surface area contributed by atoms with Gasteiger partial charge in [-0.3, -0.25) is 0 Å². The molecule has 1 saturated heterocycles. The number of nitrogens with two attached hydrogens (primary N) is 1. The van der Waals surface area contributed by atoms with Gasteiger partial charge in [-0.05, 0) is 30.9 Å². The van der Waals surface area contributed by atoms with Gasteiger partial charge in [0.1, 0.15) is 11.5 Å². The van der Waals surface area contributed by atoms with Crippen LogP contribution < -0.4 is 21.8 Å². The molecule has 1 fully saturated rings. The van der Waals surface area contributed by atoms with Crippen molar-refractivity contribution in [2.24, 2.45) is 16.6 Å². The van der Waals surface area contributed by atoms with Crippen LogP contribution in [0.5, 0.6) is 0 Å². The fraction of sp³-hybridized carbons (Fsp3) is 0.476. The summed E-state index contributed by atoms with van der Waals surface area (Å²) in [6.45, 7) is 6.43. The van der Waals surface area contributed by atoms with E-state index in [1.54, 1.807) is 0 Å². The van der Waals surface area contributed by atoms with Gasteiger partial charge in [-0.1, -0.05) is 44.2 Å². The zero-order valence-corrected chi connectivity index (χ0v) is 16.2. The van der Waals surface area contributed by atoms with Crippen molar-refractivity contribution in [3.63, 3.8) is 0 Å². The summed E-state index contributed by atoms with van der Waals surface area (Å²) in [7, 11) is 0. The number of hydrogen-bond donors (Lipinski definition) is 4. The fourth-order valence-corrected chi connectivity index (χ4v) is 4.00. The van der Waals surface area contributed by atoms with Crippen molar-refractivity contribution in [3.05, 3.63) is 59.6 Å². The third-order valence-electron chi connectivity index (χ3n) is 5.45. The van der Waals surface area contributed by atoms with E-state index < -0.39 is 5.66 Å². The quantitative estimate of drug-likeness (QED) is 0.640. The predicted octanol–water partition coefficient (Wildman–Crippen LogP) is 1.84. The van der Waals surface area contributed by atoms with Crippen LogP contribution in [-0.2, 0) is 6.42 Å². The lowest BCUT2D eigenvalue weighted by Gasteiger charge is -2.41. The zero-order chi connectivity index (χ0) is 18.9. The third-order valence-corrected chi connectivity index (χ3v) is 5.45. The van der Waals surface area contributed by atoms with Crippen molar-refractivity contribution < 1.29 is 0 Å². The van der Waals surface area contributed by atoms with Crippen LogP contribution in [0, 0.1) is 5.92 Å². The van der Waals surface area contributed by atoms with Crippen LogP contribution in [0.15, 0.2) is 59.0 Å². The third kappa shape index (κ3) is 3.73. The molecular formula is C21H30N6. The van der Waals surface area contributed by atoms with Crippen molar-refractivity contribution >= 4 is 5.84 Å². The van der Waals surface area contributed by atoms with Crippen molar-refractivity contribution in [2.45, 2.75) is 44.8 Å². The van der Waals surface area contributed by atoms with Crippen molar-refractivity contribution in [2.75, 3.05) is 13.1 Å². The summed E-state index contributed by atoms with van der Waals surface area (Å²) >= 11 is 0. The molecule has 27 heavy (non-hydrogen) atoms. The Hall–Kier alpha value is -2.31. The molecule has 0 spiro atoms. The van der Waals surface area contributed by atoms with Gasteiger partial charge in [-0.25, -0.2) is 10.0 Å². The van der Waals surface area contributed by atoms with E-state index >= 15 is 0 Å². The molecule has 0 aliphatic carbocycles. The number of benzene rings is 1. The highest BCUT2D eigenvalue weighted by atomic mass is 15.6. The van der Waals surface area contributed by atoms with E-state index in [0.717, 1.165) is 31.2 Å². The van der Waals surface area contributed by atoms with Gasteiger partial charge < -0.3 is 21.8 Å². The number of rotatable bonds is 5. The molecule has 0 amide bonds. The Morgan fingerprint density at radius 3 is 2.85 bits per heavy atom. The Morgan fingerprint density at radius 2 is 2.15 bits per heavy atom. The van der Waals surface area contributed by atoms with Gasteiger partial charge in [0.15, 0.2) is 5.84 Å². The molecule has 1 aromatic rings. The molecule has 6 heteroatoms. The molecule has 0 radical (unpaired) electrons. The number of nitrogens with zero attached hydrogens (tertiary/aromatic N) is 2. The van der Waals surface area contributed by atoms with Crippen molar-refractivity contribution in [1.29, 1.82) is 0 Å². The smallest absolute Gasteiger partial charge is 0.156 e. The number of hydrazine groups is 1. The van der Waals surface area contributed by atoms with Crippen LogP contribution in [0.4, 0.5) is 0 Å². The second-order valence-corrected chi connectivity index (χ2v) is 8.03. The topological polar surface area (TPSA) is 77.7 Å². The first-order chi connectivity index (χ1) is 13.0. The van der Waals surface area contributed by atoms with E-state index in [2.05, 4.69) is 60.2 Å². The standard InChI is InChI=1S/C21H30N6/c1-15(2)18-14-24-27-20(18)26-19(25-17-9-6-10-23-13-17)12-21(27,22)11-16-7-4-3-5-8-16/h3-5,7-8,12,14-15,17,23-25H,6,9-11,13,22H2,1-2H3. The van der Waals surface area contributed by atoms with Crippen molar-refractivity contribution in [3.8, 4) is 0 Å². The summed E-state index contributed by atoms with van der Waals surface area (Å²) in [5.74, 6) is 2.18. The molecule has 6 nitrogen and oxygen atoms in total. The first kappa shape index (κ1) is 18.1. The van der Waals surface area contributed by atoms with Crippen LogP contribution in [0.2, 0.25) is 0 Å². The fourth-order valence-electron chi connectivity index (χ4n) is 4.00. The van der Waals surface area contributed by atoms with Gasteiger partial charge in [0, 0.05) is 36.9 Å². The van der Waals surface area contributed by atoms with Gasteiger partial charge in [0.2, 0.25) is 0 Å². The summed E-state index contributed by atoms with van der Waals surface area (Å²) in [6.07, 6.45) is 7.15. The van der Waals surface area contributed by atoms with E-state index in [0.29, 0.717) is 18.4 Å². The lowest BCUT2D eigenvalue weighted by Crippen LogP contribution is -2.63. The van der Waals surface area contributed by atoms with Crippen LogP contribution >= 0.6 is 0 Å². The minimum Gasteiger partial charge on any atom is -0.366 e. The summed E-state index contributed by atoms with van der Waals surface area (Å²) < 4.78 is 0. The highest BCUT2D eigenvalue weighted by Gasteiger charge is 2.41. The largest absolute Gasteiger partial charge is 0.366 e. The van der Waals surface area contributed by atoms with E-state index in [-0.39, 0.29) is 0 Å². The molecule has 3 aliphatic heterocycles. The first-order valence-corrected chi connectivity index (χ1v) is 9.93. The number of amidine groups is 1. The SMILES string of the molecule is CC(C)C1=CNN2C1=NC(NC1CCCNC1)=CC2(N)Cc1ccccc1. The number of nitrogens with one attached hydrogen (secondary N) is 3. The van der Waals surface area contributed by atoms with Crippen LogP contribution in [0.3, 0.4) is 0 Å². The highest BCUT2D eigenvalue weighted by Crippen LogP contribution is 2.30. The molecule has 0 bridgehead atoms. The molecular weight excluding hydrogens is 336 g/mol. The van der Waals surface area contributed by atoms with E-state index in [9.17, 15) is 0 Å². The molecule has 3 heterocycles. The number of piperidine rings is 1. The minimum absolute atomic E-state index is 0.373. The Morgan fingerprint density at radius 1 is 1.33 bits per heavy atom. The molecule has 2 unspecified atom stereocenters. The Balaban J connectivity index is 1.64. The lowest BCUT2D eigenvalue weighted by atomic mass is 9.95. The van der Waals surface area contributed by atoms with E-state index in [1.165, 1.54) is 17.6 Å². The Bertz CT molecular complexity index is 760. The van der Waals surface area contributed by atoms with Gasteiger partial charge in [-0.2, -0.15) is 0 Å². The Kier molecular flexibility index (Phi) is 4.93. The summed E-state index contributed by atoms with van der Waals surface area (Å²) in [6, 6.07) is 10.8. The molecule has 3 aliphatic rings. The molecule has 1 aromatic carbocycles. The van der Waals surface area contributed by atoms with Gasteiger partial charge in [-0.15, -0.1) is 0 Å². The first-order valence-electron chi connectivity index (χ1n) is 9.93. The highest BCUT2D eigenvalue weighted by molar-refractivity contribution is 6.01. The zero-order valence-electron chi connectivity index (χ0n) is 16.2. The summed E-state index contributed by atoms with van der Waals surface area (Å²) in [5.41, 5.74) is 12.0. The molecule has 2 atom stereocenters. The second kappa shape index (κ2) is 7.37. The van der Waals surface area contributed by atoms with Crippen LogP contribution in [-0.4, -0.2) is 35.6 Å². The monoisotopic (exact) mass is 366 g/mol. The van der Waals surface area contributed by atoms with Gasteiger partial charge in [0.25, 0.3) is 0 Å². The average molecular weight is 367 g/mol.